The summed E-state index contributed by atoms with van der Waals surface area (Å²) in [7, 11) is 0. The summed E-state index contributed by atoms with van der Waals surface area (Å²) in [5, 5.41) is 23.0. The summed E-state index contributed by atoms with van der Waals surface area (Å²) in [6.45, 7) is 0.0725. The Balaban J connectivity index is 1.59. The van der Waals surface area contributed by atoms with Gasteiger partial charge >= 0.3 is 0 Å². The fraction of sp³-hybridized carbons (Fsp3) is 0.176. The maximum atomic E-state index is 11.1. The molecular weight excluding hydrogens is 393 g/mol. The first-order valence-corrected chi connectivity index (χ1v) is 8.62. The third-order valence-electron chi connectivity index (χ3n) is 3.58. The molecule has 1 amide bonds. The van der Waals surface area contributed by atoms with Crippen LogP contribution in [0, 0.1) is 0 Å². The summed E-state index contributed by atoms with van der Waals surface area (Å²) >= 11 is 11.8. The number of halogens is 2. The van der Waals surface area contributed by atoms with E-state index in [9.17, 15) is 9.90 Å². The molecule has 8 nitrogen and oxygen atoms in total. The number of benzene rings is 2. The van der Waals surface area contributed by atoms with Gasteiger partial charge in [-0.25, -0.2) is 0 Å². The lowest BCUT2D eigenvalue weighted by molar-refractivity contribution is 0.0850. The van der Waals surface area contributed by atoms with Crippen LogP contribution in [0.25, 0.3) is 11.4 Å². The number of carbonyl (C=O) groups is 1. The lowest BCUT2D eigenvalue weighted by Crippen LogP contribution is -2.25. The summed E-state index contributed by atoms with van der Waals surface area (Å²) in [4.78, 5) is 12.4. The third-order valence-corrected chi connectivity index (χ3v) is 4.11. The van der Waals surface area contributed by atoms with Gasteiger partial charge in [0.25, 0.3) is 0 Å². The van der Waals surface area contributed by atoms with Gasteiger partial charge in [-0.3, -0.25) is 4.79 Å². The van der Waals surface area contributed by atoms with Crippen molar-refractivity contribution in [3.8, 4) is 17.1 Å². The van der Waals surface area contributed by atoms with Crippen LogP contribution in [-0.4, -0.2) is 43.9 Å². The fourth-order valence-corrected chi connectivity index (χ4v) is 2.70. The molecule has 1 heterocycles. The molecule has 27 heavy (non-hydrogen) atoms. The zero-order valence-electron chi connectivity index (χ0n) is 13.9. The Labute approximate surface area is 164 Å². The van der Waals surface area contributed by atoms with E-state index in [1.165, 1.54) is 4.80 Å². The zero-order valence-corrected chi connectivity index (χ0v) is 15.4. The van der Waals surface area contributed by atoms with Crippen molar-refractivity contribution in [3.63, 3.8) is 0 Å². The molecule has 1 atom stereocenters. The minimum atomic E-state index is -0.879. The lowest BCUT2D eigenvalue weighted by Gasteiger charge is -2.12. The monoisotopic (exact) mass is 407 g/mol. The Bertz CT molecular complexity index is 946. The molecule has 0 spiro atoms. The van der Waals surface area contributed by atoms with Crippen LogP contribution < -0.4 is 10.5 Å². The quantitative estimate of drug-likeness (QED) is 0.619. The maximum Gasteiger partial charge on any atom is 0.248 e. The number of nitrogens with two attached hydrogens (primary N) is 1. The fourth-order valence-electron chi connectivity index (χ4n) is 2.24. The number of hydrogen-bond acceptors (Lipinski definition) is 6. The predicted octanol–water partition coefficient (Wildman–Crippen LogP) is 2.19. The number of tetrazole rings is 1. The van der Waals surface area contributed by atoms with Crippen molar-refractivity contribution >= 4 is 29.1 Å². The van der Waals surface area contributed by atoms with Gasteiger partial charge in [0.15, 0.2) is 0 Å². The van der Waals surface area contributed by atoms with Crippen LogP contribution in [0.3, 0.4) is 0 Å². The predicted molar refractivity (Wildman–Crippen MR) is 99.7 cm³/mol. The van der Waals surface area contributed by atoms with Crippen molar-refractivity contribution in [1.29, 1.82) is 0 Å². The zero-order chi connectivity index (χ0) is 19.4. The highest BCUT2D eigenvalue weighted by atomic mass is 35.5. The number of ether oxygens (including phenoxy) is 1. The molecule has 3 N–H and O–H groups in total. The number of hydrogen-bond donors (Lipinski definition) is 2. The molecule has 3 aromatic rings. The first kappa shape index (κ1) is 19.1. The molecule has 0 fully saturated rings. The molecule has 0 bridgehead atoms. The minimum absolute atomic E-state index is 0.00840. The number of primary amides is 1. The Morgan fingerprint density at radius 3 is 2.63 bits per heavy atom. The van der Waals surface area contributed by atoms with Gasteiger partial charge in [0.2, 0.25) is 11.7 Å². The molecule has 0 saturated carbocycles. The number of nitrogens with zero attached hydrogens (tertiary/aromatic N) is 4. The van der Waals surface area contributed by atoms with Crippen LogP contribution in [0.1, 0.15) is 10.4 Å². The SMILES string of the molecule is NC(=O)c1ccc(-c2nnn(C[C@H](O)COc3ccc(Cl)cc3Cl)n2)cc1. The molecule has 140 valence electrons. The summed E-state index contributed by atoms with van der Waals surface area (Å²) < 4.78 is 5.48. The number of amides is 1. The van der Waals surface area contributed by atoms with Crippen molar-refractivity contribution in [3.05, 3.63) is 58.1 Å². The second-order valence-corrected chi connectivity index (χ2v) is 6.49. The van der Waals surface area contributed by atoms with Crippen molar-refractivity contribution in [2.75, 3.05) is 6.61 Å². The van der Waals surface area contributed by atoms with Crippen LogP contribution >= 0.6 is 23.2 Å². The van der Waals surface area contributed by atoms with E-state index in [1.807, 2.05) is 0 Å². The first-order valence-electron chi connectivity index (χ1n) is 7.86. The van der Waals surface area contributed by atoms with Gasteiger partial charge in [-0.2, -0.15) is 4.80 Å². The highest BCUT2D eigenvalue weighted by molar-refractivity contribution is 6.35. The summed E-state index contributed by atoms with van der Waals surface area (Å²) in [5.74, 6) is 0.267. The van der Waals surface area contributed by atoms with Gasteiger partial charge in [0.1, 0.15) is 18.5 Å². The average Bonchev–Trinajstić information content (AvgIpc) is 3.09. The summed E-state index contributed by atoms with van der Waals surface area (Å²) in [6, 6.07) is 11.3. The number of carbonyl (C=O) groups excluding carboxylic acids is 1. The third kappa shape index (κ3) is 4.94. The van der Waals surface area contributed by atoms with E-state index in [4.69, 9.17) is 33.7 Å². The molecule has 2 aromatic carbocycles. The highest BCUT2D eigenvalue weighted by Crippen LogP contribution is 2.27. The van der Waals surface area contributed by atoms with E-state index in [0.717, 1.165) is 0 Å². The van der Waals surface area contributed by atoms with Gasteiger partial charge in [-0.05, 0) is 35.5 Å². The van der Waals surface area contributed by atoms with E-state index in [-0.39, 0.29) is 13.2 Å². The van der Waals surface area contributed by atoms with Crippen molar-refractivity contribution < 1.29 is 14.6 Å². The van der Waals surface area contributed by atoms with E-state index < -0.39 is 12.0 Å². The molecule has 3 rings (SSSR count). The maximum absolute atomic E-state index is 11.1. The molecule has 0 aliphatic heterocycles. The van der Waals surface area contributed by atoms with Gasteiger partial charge in [-0.15, -0.1) is 10.2 Å². The number of aromatic nitrogens is 4. The van der Waals surface area contributed by atoms with Crippen LogP contribution in [0.15, 0.2) is 42.5 Å². The molecular formula is C17H15Cl2N5O3. The van der Waals surface area contributed by atoms with Crippen LogP contribution in [0.2, 0.25) is 10.0 Å². The average molecular weight is 408 g/mol. The first-order chi connectivity index (χ1) is 12.9. The molecule has 1 aromatic heterocycles. The summed E-state index contributed by atoms with van der Waals surface area (Å²) in [5.41, 5.74) is 6.27. The lowest BCUT2D eigenvalue weighted by atomic mass is 10.1. The standard InChI is InChI=1S/C17H15Cl2N5O3/c18-12-5-6-15(14(19)7-12)27-9-13(25)8-24-22-17(21-23-24)11-3-1-10(2-4-11)16(20)26/h1-7,13,25H,8-9H2,(H2,20,26)/t13-/m0/s1. The number of aliphatic hydroxyl groups excluding tert-OH is 1. The minimum Gasteiger partial charge on any atom is -0.489 e. The molecule has 0 saturated heterocycles. The number of aliphatic hydroxyl groups is 1. The highest BCUT2D eigenvalue weighted by Gasteiger charge is 2.12. The van der Waals surface area contributed by atoms with E-state index in [2.05, 4.69) is 15.4 Å². The van der Waals surface area contributed by atoms with E-state index in [0.29, 0.717) is 32.7 Å². The Kier molecular flexibility index (Phi) is 5.90. The Morgan fingerprint density at radius 1 is 1.22 bits per heavy atom. The van der Waals surface area contributed by atoms with Crippen molar-refractivity contribution in [2.45, 2.75) is 12.6 Å². The van der Waals surface area contributed by atoms with Gasteiger partial charge in [-0.1, -0.05) is 35.3 Å². The topological polar surface area (TPSA) is 116 Å². The Morgan fingerprint density at radius 2 is 1.96 bits per heavy atom. The van der Waals surface area contributed by atoms with E-state index >= 15 is 0 Å². The van der Waals surface area contributed by atoms with Gasteiger partial charge in [0, 0.05) is 16.1 Å². The summed E-state index contributed by atoms with van der Waals surface area (Å²) in [6.07, 6.45) is -0.879. The van der Waals surface area contributed by atoms with Crippen LogP contribution in [-0.2, 0) is 6.54 Å². The molecule has 10 heteroatoms. The number of rotatable bonds is 7. The largest absolute Gasteiger partial charge is 0.489 e. The molecule has 0 aliphatic carbocycles. The van der Waals surface area contributed by atoms with Crippen LogP contribution in [0.5, 0.6) is 5.75 Å². The van der Waals surface area contributed by atoms with Crippen LogP contribution in [0.4, 0.5) is 0 Å². The second kappa shape index (κ2) is 8.34. The normalized spacial score (nSPS) is 12.0. The smallest absolute Gasteiger partial charge is 0.248 e. The van der Waals surface area contributed by atoms with E-state index in [1.54, 1.807) is 42.5 Å². The Hall–Kier alpha value is -2.68. The van der Waals surface area contributed by atoms with Crippen molar-refractivity contribution in [1.82, 2.24) is 20.2 Å². The molecule has 0 aliphatic rings. The van der Waals surface area contributed by atoms with Gasteiger partial charge < -0.3 is 15.6 Å². The second-order valence-electron chi connectivity index (χ2n) is 5.65. The van der Waals surface area contributed by atoms with Crippen molar-refractivity contribution in [2.24, 2.45) is 5.73 Å². The van der Waals surface area contributed by atoms with Gasteiger partial charge in [0.05, 0.1) is 11.6 Å². The molecule has 0 unspecified atom stereocenters. The molecule has 0 radical (unpaired) electrons.